The molecule has 30 heavy (non-hydrogen) atoms. The molecule has 1 fully saturated rings. The van der Waals surface area contributed by atoms with Crippen molar-refractivity contribution in [1.82, 2.24) is 23.6 Å². The first kappa shape index (κ1) is 20.5. The zero-order chi connectivity index (χ0) is 21.6. The van der Waals surface area contributed by atoms with Crippen LogP contribution < -0.4 is 11.2 Å². The smallest absolute Gasteiger partial charge is 0.332 e. The molecule has 3 aromatic rings. The zero-order valence-electron chi connectivity index (χ0n) is 16.5. The van der Waals surface area contributed by atoms with E-state index in [-0.39, 0.29) is 35.9 Å². The minimum Gasteiger partial charge on any atom is -0.340 e. The van der Waals surface area contributed by atoms with Gasteiger partial charge in [-0.15, -0.1) is 11.3 Å². The number of carbonyl (C=O) groups excluding carboxylic acids is 1. The second kappa shape index (κ2) is 7.51. The van der Waals surface area contributed by atoms with E-state index in [0.717, 1.165) is 9.44 Å². The van der Waals surface area contributed by atoms with Crippen LogP contribution in [0.25, 0.3) is 11.2 Å². The van der Waals surface area contributed by atoms with Crippen LogP contribution in [0.5, 0.6) is 0 Å². The average molecular weight is 452 g/mol. The molecule has 1 aliphatic heterocycles. The van der Waals surface area contributed by atoms with Gasteiger partial charge in [0, 0.05) is 32.1 Å². The molecule has 1 aliphatic rings. The number of thiophene rings is 1. The number of aromatic nitrogens is 4. The number of sulfone groups is 1. The van der Waals surface area contributed by atoms with Gasteiger partial charge in [-0.3, -0.25) is 18.7 Å². The fourth-order valence-corrected chi connectivity index (χ4v) is 6.75. The van der Waals surface area contributed by atoms with Crippen molar-refractivity contribution in [2.45, 2.75) is 18.2 Å². The van der Waals surface area contributed by atoms with Gasteiger partial charge < -0.3 is 9.47 Å². The van der Waals surface area contributed by atoms with E-state index in [2.05, 4.69) is 4.98 Å². The van der Waals surface area contributed by atoms with E-state index in [9.17, 15) is 22.8 Å². The lowest BCUT2D eigenvalue weighted by Crippen LogP contribution is -2.39. The van der Waals surface area contributed by atoms with Gasteiger partial charge in [0.1, 0.15) is 6.54 Å². The Labute approximate surface area is 175 Å². The highest BCUT2D eigenvalue weighted by atomic mass is 32.2. The Morgan fingerprint density at radius 1 is 1.23 bits per heavy atom. The third kappa shape index (κ3) is 3.39. The molecule has 3 aromatic heterocycles. The molecule has 0 N–H and O–H groups in total. The summed E-state index contributed by atoms with van der Waals surface area (Å²) in [6, 6.07) is 3.63. The van der Waals surface area contributed by atoms with Gasteiger partial charge >= 0.3 is 5.69 Å². The van der Waals surface area contributed by atoms with Crippen LogP contribution in [-0.4, -0.2) is 56.8 Å². The molecule has 1 amide bonds. The summed E-state index contributed by atoms with van der Waals surface area (Å²) >= 11 is 1.40. The van der Waals surface area contributed by atoms with Gasteiger partial charge in [-0.25, -0.2) is 18.2 Å². The lowest BCUT2D eigenvalue weighted by Gasteiger charge is -2.20. The standard InChI is InChI=1S/C18H21N5O5S2/c1-20-16-15(17(25)21(2)18(20)26)23(11-19-16)10-14(24)22-6-5-13(12-4-3-8-29-12)30(27,28)9-7-22/h3-4,8,11,13H,5-7,9-10H2,1-2H3. The average Bonchev–Trinajstić information content (AvgIpc) is 3.34. The van der Waals surface area contributed by atoms with Crippen LogP contribution in [0.15, 0.2) is 33.4 Å². The van der Waals surface area contributed by atoms with Crippen LogP contribution in [0.3, 0.4) is 0 Å². The molecule has 0 saturated carbocycles. The third-order valence-electron chi connectivity index (χ3n) is 5.48. The molecule has 0 aromatic carbocycles. The lowest BCUT2D eigenvalue weighted by atomic mass is 10.2. The van der Waals surface area contributed by atoms with Crippen molar-refractivity contribution >= 4 is 38.2 Å². The fourth-order valence-electron chi connectivity index (χ4n) is 3.75. The number of aryl methyl sites for hydroxylation is 1. The SMILES string of the molecule is Cn1c(=O)c2c(ncn2CC(=O)N2CCC(c3cccs3)S(=O)(=O)CC2)n(C)c1=O. The highest BCUT2D eigenvalue weighted by molar-refractivity contribution is 7.91. The van der Waals surface area contributed by atoms with Crippen molar-refractivity contribution in [2.75, 3.05) is 18.8 Å². The van der Waals surface area contributed by atoms with E-state index in [1.54, 1.807) is 0 Å². The van der Waals surface area contributed by atoms with Crippen molar-refractivity contribution in [3.63, 3.8) is 0 Å². The predicted molar refractivity (Wildman–Crippen MR) is 112 cm³/mol. The molecule has 10 nitrogen and oxygen atoms in total. The summed E-state index contributed by atoms with van der Waals surface area (Å²) in [5.41, 5.74) is -0.671. The molecule has 1 atom stereocenters. The lowest BCUT2D eigenvalue weighted by molar-refractivity contribution is -0.131. The minimum atomic E-state index is -3.36. The number of fused-ring (bicyclic) bond motifs is 1. The molecule has 4 heterocycles. The number of carbonyl (C=O) groups is 1. The van der Waals surface area contributed by atoms with Gasteiger partial charge in [0.05, 0.1) is 17.3 Å². The number of rotatable bonds is 3. The van der Waals surface area contributed by atoms with Gasteiger partial charge in [0.25, 0.3) is 5.56 Å². The molecule has 1 saturated heterocycles. The van der Waals surface area contributed by atoms with E-state index in [0.29, 0.717) is 13.0 Å². The second-order valence-electron chi connectivity index (χ2n) is 7.29. The molecule has 12 heteroatoms. The molecule has 0 bridgehead atoms. The van der Waals surface area contributed by atoms with Gasteiger partial charge in [-0.2, -0.15) is 0 Å². The summed E-state index contributed by atoms with van der Waals surface area (Å²) < 4.78 is 29.0. The first-order valence-corrected chi connectivity index (χ1v) is 11.9. The first-order valence-electron chi connectivity index (χ1n) is 9.34. The molecule has 0 spiro atoms. The highest BCUT2D eigenvalue weighted by Gasteiger charge is 2.33. The maximum Gasteiger partial charge on any atom is 0.332 e. The van der Waals surface area contributed by atoms with Gasteiger partial charge in [-0.05, 0) is 17.9 Å². The maximum atomic E-state index is 12.9. The Morgan fingerprint density at radius 2 is 2.00 bits per heavy atom. The summed E-state index contributed by atoms with van der Waals surface area (Å²) in [6.45, 7) is 0.254. The summed E-state index contributed by atoms with van der Waals surface area (Å²) in [4.78, 5) is 43.9. The number of hydrogen-bond acceptors (Lipinski definition) is 7. The Bertz CT molecular complexity index is 1330. The molecule has 0 radical (unpaired) electrons. The number of nitrogens with zero attached hydrogens (tertiary/aromatic N) is 5. The molecule has 0 aliphatic carbocycles. The predicted octanol–water partition coefficient (Wildman–Crippen LogP) is -0.116. The third-order valence-corrected chi connectivity index (χ3v) is 8.72. The van der Waals surface area contributed by atoms with Crippen molar-refractivity contribution in [2.24, 2.45) is 14.1 Å². The Kier molecular flexibility index (Phi) is 5.14. The molecule has 160 valence electrons. The summed E-state index contributed by atoms with van der Waals surface area (Å²) in [5, 5.41) is 1.24. The van der Waals surface area contributed by atoms with E-state index in [1.807, 2.05) is 17.5 Å². The molecular formula is C18H21N5O5S2. The largest absolute Gasteiger partial charge is 0.340 e. The van der Waals surface area contributed by atoms with Gasteiger partial charge in [0.2, 0.25) is 5.91 Å². The van der Waals surface area contributed by atoms with Crippen molar-refractivity contribution in [1.29, 1.82) is 0 Å². The van der Waals surface area contributed by atoms with Crippen LogP contribution >= 0.6 is 11.3 Å². The summed E-state index contributed by atoms with van der Waals surface area (Å²) in [7, 11) is -0.487. The normalized spacial score (nSPS) is 19.1. The van der Waals surface area contributed by atoms with Crippen molar-refractivity contribution in [3.8, 4) is 0 Å². The van der Waals surface area contributed by atoms with Crippen molar-refractivity contribution < 1.29 is 13.2 Å². The first-order chi connectivity index (χ1) is 14.2. The Balaban J connectivity index is 1.60. The molecule has 4 rings (SSSR count). The van der Waals surface area contributed by atoms with E-state index in [4.69, 9.17) is 0 Å². The van der Waals surface area contributed by atoms with Gasteiger partial charge in [0.15, 0.2) is 21.0 Å². The molecule has 1 unspecified atom stereocenters. The number of amides is 1. The summed E-state index contributed by atoms with van der Waals surface area (Å²) in [5.74, 6) is -0.408. The quantitative estimate of drug-likeness (QED) is 0.548. The monoisotopic (exact) mass is 451 g/mol. The Morgan fingerprint density at radius 3 is 2.70 bits per heavy atom. The van der Waals surface area contributed by atoms with E-state index in [1.165, 1.54) is 45.8 Å². The number of imidazole rings is 1. The van der Waals surface area contributed by atoms with Gasteiger partial charge in [-0.1, -0.05) is 6.07 Å². The topological polar surface area (TPSA) is 116 Å². The van der Waals surface area contributed by atoms with Crippen LogP contribution in [0, 0.1) is 0 Å². The highest BCUT2D eigenvalue weighted by Crippen LogP contribution is 2.32. The second-order valence-corrected chi connectivity index (χ2v) is 10.6. The summed E-state index contributed by atoms with van der Waals surface area (Å²) in [6.07, 6.45) is 1.68. The Hall–Kier alpha value is -2.73. The van der Waals surface area contributed by atoms with Crippen molar-refractivity contribution in [3.05, 3.63) is 49.6 Å². The number of hydrogen-bond donors (Lipinski definition) is 0. The minimum absolute atomic E-state index is 0.103. The van der Waals surface area contributed by atoms with Crippen LogP contribution in [0.1, 0.15) is 16.5 Å². The maximum absolute atomic E-state index is 12.9. The zero-order valence-corrected chi connectivity index (χ0v) is 18.1. The molecular weight excluding hydrogens is 430 g/mol. The van der Waals surface area contributed by atoms with E-state index < -0.39 is 26.3 Å². The fraction of sp³-hybridized carbons (Fsp3) is 0.444. The van der Waals surface area contributed by atoms with Crippen LogP contribution in [0.4, 0.5) is 0 Å². The van der Waals surface area contributed by atoms with E-state index >= 15 is 0 Å². The van der Waals surface area contributed by atoms with Crippen LogP contribution in [-0.2, 0) is 35.3 Å². The van der Waals surface area contributed by atoms with Crippen LogP contribution in [0.2, 0.25) is 0 Å².